The van der Waals surface area contributed by atoms with E-state index in [2.05, 4.69) is 0 Å². The Morgan fingerprint density at radius 1 is 0.946 bits per heavy atom. The molecule has 5 rings (SSSR count). The number of rotatable bonds is 8. The van der Waals surface area contributed by atoms with Crippen LogP contribution >= 0.6 is 11.6 Å². The van der Waals surface area contributed by atoms with Crippen LogP contribution in [0.3, 0.4) is 0 Å². The molecule has 0 unspecified atom stereocenters. The van der Waals surface area contributed by atoms with E-state index in [1.165, 1.54) is 0 Å². The summed E-state index contributed by atoms with van der Waals surface area (Å²) >= 11 is 6.06. The average Bonchev–Trinajstić information content (AvgIpc) is 3.52. The van der Waals surface area contributed by atoms with Gasteiger partial charge >= 0.3 is 0 Å². The zero-order chi connectivity index (χ0) is 25.8. The average molecular weight is 512 g/mol. The van der Waals surface area contributed by atoms with E-state index >= 15 is 0 Å². The maximum Gasteiger partial charge on any atom is 0.254 e. The molecule has 0 radical (unpaired) electrons. The Bertz CT molecular complexity index is 1490. The Kier molecular flexibility index (Phi) is 7.10. The summed E-state index contributed by atoms with van der Waals surface area (Å²) in [5.74, 6) is 1.78. The number of carbonyl (C=O) groups is 1. The number of aryl methyl sites for hydroxylation is 2. The van der Waals surface area contributed by atoms with Crippen LogP contribution in [0, 0.1) is 13.8 Å². The standard InChI is InChI=1S/C30H26ClN3O3/c1-21-8-6-11-26(18-21)37-30-28(22(2)32-34(30)25-9-4-3-5-10-25)20-33(19-27-12-7-17-36-27)29(35)23-13-15-24(31)16-14-23/h3-18H,19-20H2,1-2H3. The van der Waals surface area contributed by atoms with Gasteiger partial charge in [-0.15, -0.1) is 0 Å². The van der Waals surface area contributed by atoms with Crippen LogP contribution in [0.25, 0.3) is 5.69 Å². The van der Waals surface area contributed by atoms with E-state index in [0.29, 0.717) is 28.0 Å². The molecule has 2 aromatic heterocycles. The van der Waals surface area contributed by atoms with E-state index < -0.39 is 0 Å². The minimum Gasteiger partial charge on any atom is -0.467 e. The molecule has 6 nitrogen and oxygen atoms in total. The van der Waals surface area contributed by atoms with Gasteiger partial charge < -0.3 is 14.1 Å². The number of benzene rings is 3. The molecule has 0 aliphatic heterocycles. The molecule has 7 heteroatoms. The van der Waals surface area contributed by atoms with Crippen LogP contribution in [0.2, 0.25) is 5.02 Å². The molecule has 0 saturated carbocycles. The number of nitrogens with zero attached hydrogens (tertiary/aromatic N) is 3. The van der Waals surface area contributed by atoms with Crippen LogP contribution in [0.5, 0.6) is 11.6 Å². The van der Waals surface area contributed by atoms with E-state index in [4.69, 9.17) is 25.9 Å². The van der Waals surface area contributed by atoms with Gasteiger partial charge in [0, 0.05) is 10.6 Å². The van der Waals surface area contributed by atoms with Crippen LogP contribution < -0.4 is 4.74 Å². The third-order valence-electron chi connectivity index (χ3n) is 6.00. The van der Waals surface area contributed by atoms with Crippen molar-refractivity contribution in [1.29, 1.82) is 0 Å². The maximum atomic E-state index is 13.7. The predicted octanol–water partition coefficient (Wildman–Crippen LogP) is 7.37. The number of ether oxygens (including phenoxy) is 1. The summed E-state index contributed by atoms with van der Waals surface area (Å²) < 4.78 is 13.8. The fourth-order valence-electron chi connectivity index (χ4n) is 4.12. The quantitative estimate of drug-likeness (QED) is 0.218. The Balaban J connectivity index is 1.57. The number of carbonyl (C=O) groups excluding carboxylic acids is 1. The van der Waals surface area contributed by atoms with E-state index in [0.717, 1.165) is 22.5 Å². The van der Waals surface area contributed by atoms with E-state index in [-0.39, 0.29) is 19.0 Å². The summed E-state index contributed by atoms with van der Waals surface area (Å²) in [5.41, 5.74) is 4.05. The molecule has 0 atom stereocenters. The van der Waals surface area contributed by atoms with Gasteiger partial charge in [0.1, 0.15) is 11.5 Å². The summed E-state index contributed by atoms with van der Waals surface area (Å²) in [4.78, 5) is 15.4. The van der Waals surface area contributed by atoms with E-state index in [1.54, 1.807) is 40.1 Å². The highest BCUT2D eigenvalue weighted by Gasteiger charge is 2.25. The third kappa shape index (κ3) is 5.60. The van der Waals surface area contributed by atoms with Gasteiger partial charge in [0.25, 0.3) is 5.91 Å². The topological polar surface area (TPSA) is 60.5 Å². The normalized spacial score (nSPS) is 10.9. The summed E-state index contributed by atoms with van der Waals surface area (Å²) in [6.07, 6.45) is 1.60. The monoisotopic (exact) mass is 511 g/mol. The van der Waals surface area contributed by atoms with Crippen molar-refractivity contribution < 1.29 is 13.9 Å². The lowest BCUT2D eigenvalue weighted by molar-refractivity contribution is 0.0716. The number of hydrogen-bond acceptors (Lipinski definition) is 4. The Labute approximate surface area is 220 Å². The molecule has 0 N–H and O–H groups in total. The van der Waals surface area contributed by atoms with Crippen molar-refractivity contribution in [3.8, 4) is 17.3 Å². The molecule has 0 saturated heterocycles. The van der Waals surface area contributed by atoms with Crippen LogP contribution in [-0.2, 0) is 13.1 Å². The molecular formula is C30H26ClN3O3. The van der Waals surface area contributed by atoms with Gasteiger partial charge in [0.05, 0.1) is 36.3 Å². The lowest BCUT2D eigenvalue weighted by Gasteiger charge is -2.22. The van der Waals surface area contributed by atoms with Gasteiger partial charge in [-0.1, -0.05) is 41.9 Å². The highest BCUT2D eigenvalue weighted by atomic mass is 35.5. The molecule has 0 bridgehead atoms. The number of para-hydroxylation sites is 1. The zero-order valence-corrected chi connectivity index (χ0v) is 21.4. The van der Waals surface area contributed by atoms with Crippen LogP contribution in [0.1, 0.15) is 32.9 Å². The molecule has 2 heterocycles. The minimum atomic E-state index is -0.151. The van der Waals surface area contributed by atoms with Gasteiger partial charge in [-0.05, 0) is 80.1 Å². The Hall–Kier alpha value is -4.29. The van der Waals surface area contributed by atoms with Crippen molar-refractivity contribution in [2.45, 2.75) is 26.9 Å². The van der Waals surface area contributed by atoms with Crippen molar-refractivity contribution in [3.63, 3.8) is 0 Å². The molecule has 0 spiro atoms. The van der Waals surface area contributed by atoms with Gasteiger partial charge in [-0.2, -0.15) is 5.10 Å². The SMILES string of the molecule is Cc1cccc(Oc2c(CN(Cc3ccco3)C(=O)c3ccc(Cl)cc3)c(C)nn2-c2ccccc2)c1. The van der Waals surface area contributed by atoms with Gasteiger partial charge in [-0.25, -0.2) is 4.68 Å². The number of hydrogen-bond donors (Lipinski definition) is 0. The highest BCUT2D eigenvalue weighted by Crippen LogP contribution is 2.32. The van der Waals surface area contributed by atoms with Crippen molar-refractivity contribution in [2.24, 2.45) is 0 Å². The lowest BCUT2D eigenvalue weighted by Crippen LogP contribution is -2.30. The molecule has 0 fully saturated rings. The van der Waals surface area contributed by atoms with Crippen LogP contribution in [-0.4, -0.2) is 20.6 Å². The zero-order valence-electron chi connectivity index (χ0n) is 20.6. The maximum absolute atomic E-state index is 13.7. The number of amides is 1. The first-order valence-electron chi connectivity index (χ1n) is 11.9. The molecule has 3 aromatic carbocycles. The largest absolute Gasteiger partial charge is 0.467 e. The first-order valence-corrected chi connectivity index (χ1v) is 12.3. The molecule has 37 heavy (non-hydrogen) atoms. The van der Waals surface area contributed by atoms with Crippen LogP contribution in [0.4, 0.5) is 0 Å². The minimum absolute atomic E-state index is 0.151. The fraction of sp³-hybridized carbons (Fsp3) is 0.133. The lowest BCUT2D eigenvalue weighted by atomic mass is 10.1. The van der Waals surface area contributed by atoms with Crippen molar-refractivity contribution in [3.05, 3.63) is 130 Å². The van der Waals surface area contributed by atoms with Gasteiger partial charge in [-0.3, -0.25) is 4.79 Å². The van der Waals surface area contributed by atoms with Gasteiger partial charge in [0.15, 0.2) is 0 Å². The second-order valence-corrected chi connectivity index (χ2v) is 9.22. The van der Waals surface area contributed by atoms with Crippen molar-refractivity contribution in [2.75, 3.05) is 0 Å². The summed E-state index contributed by atoms with van der Waals surface area (Å²) in [6.45, 7) is 4.50. The van der Waals surface area contributed by atoms with E-state index in [1.807, 2.05) is 80.6 Å². The predicted molar refractivity (Wildman–Crippen MR) is 143 cm³/mol. The third-order valence-corrected chi connectivity index (χ3v) is 6.25. The smallest absolute Gasteiger partial charge is 0.254 e. The summed E-state index contributed by atoms with van der Waals surface area (Å²) in [5, 5.41) is 5.38. The highest BCUT2D eigenvalue weighted by molar-refractivity contribution is 6.30. The molecule has 186 valence electrons. The Morgan fingerprint density at radius 2 is 1.73 bits per heavy atom. The summed E-state index contributed by atoms with van der Waals surface area (Å²) in [6, 6.07) is 28.2. The van der Waals surface area contributed by atoms with E-state index in [9.17, 15) is 4.79 Å². The second-order valence-electron chi connectivity index (χ2n) is 8.78. The van der Waals surface area contributed by atoms with Crippen LogP contribution in [0.15, 0.2) is 102 Å². The van der Waals surface area contributed by atoms with Crippen molar-refractivity contribution >= 4 is 17.5 Å². The molecule has 0 aliphatic carbocycles. The second kappa shape index (κ2) is 10.8. The molecular weight excluding hydrogens is 486 g/mol. The molecule has 1 amide bonds. The summed E-state index contributed by atoms with van der Waals surface area (Å²) in [7, 11) is 0. The number of furan rings is 1. The molecule has 0 aliphatic rings. The number of halogens is 1. The first-order chi connectivity index (χ1) is 18.0. The molecule has 5 aromatic rings. The van der Waals surface area contributed by atoms with Crippen molar-refractivity contribution in [1.82, 2.24) is 14.7 Å². The van der Waals surface area contributed by atoms with Gasteiger partial charge in [0.2, 0.25) is 5.88 Å². The number of aromatic nitrogens is 2. The fourth-order valence-corrected chi connectivity index (χ4v) is 4.24. The first kappa shape index (κ1) is 24.4. The Morgan fingerprint density at radius 3 is 2.43 bits per heavy atom.